The molecule has 1 rings (SSSR count). The molecule has 74 valence electrons. The van der Waals surface area contributed by atoms with Crippen LogP contribution in [0.25, 0.3) is 0 Å². The van der Waals surface area contributed by atoms with Gasteiger partial charge >= 0.3 is 12.1 Å². The van der Waals surface area contributed by atoms with Gasteiger partial charge in [0.15, 0.2) is 0 Å². The van der Waals surface area contributed by atoms with Crippen molar-refractivity contribution >= 4 is 12.1 Å². The SMILES string of the molecule is CC1COC(=O)N1C(C)CC(=O)O. The minimum Gasteiger partial charge on any atom is -0.481 e. The Labute approximate surface area is 76.3 Å². The zero-order valence-corrected chi connectivity index (χ0v) is 7.69. The Kier molecular flexibility index (Phi) is 2.75. The molecule has 5 nitrogen and oxygen atoms in total. The lowest BCUT2D eigenvalue weighted by atomic mass is 10.2. The highest BCUT2D eigenvalue weighted by atomic mass is 16.6. The number of carbonyl (C=O) groups is 2. The average Bonchev–Trinajstić information content (AvgIpc) is 2.29. The molecule has 1 aliphatic rings. The van der Waals surface area contributed by atoms with Gasteiger partial charge < -0.3 is 9.84 Å². The first-order valence-corrected chi connectivity index (χ1v) is 4.19. The normalized spacial score (nSPS) is 24.3. The van der Waals surface area contributed by atoms with E-state index < -0.39 is 12.1 Å². The van der Waals surface area contributed by atoms with Crippen molar-refractivity contribution in [3.63, 3.8) is 0 Å². The molecule has 1 amide bonds. The maximum absolute atomic E-state index is 11.1. The van der Waals surface area contributed by atoms with Crippen LogP contribution in [0.5, 0.6) is 0 Å². The summed E-state index contributed by atoms with van der Waals surface area (Å²) in [6.45, 7) is 3.89. The first-order valence-electron chi connectivity index (χ1n) is 4.19. The predicted molar refractivity (Wildman–Crippen MR) is 44.4 cm³/mol. The van der Waals surface area contributed by atoms with E-state index in [1.165, 1.54) is 4.90 Å². The third-order valence-electron chi connectivity index (χ3n) is 2.08. The lowest BCUT2D eigenvalue weighted by Gasteiger charge is -2.24. The fraction of sp³-hybridized carbons (Fsp3) is 0.750. The van der Waals surface area contributed by atoms with E-state index in [-0.39, 0.29) is 18.5 Å². The number of carboxylic acid groups (broad SMARTS) is 1. The zero-order valence-electron chi connectivity index (χ0n) is 7.69. The van der Waals surface area contributed by atoms with Crippen LogP contribution in [0.1, 0.15) is 20.3 Å². The summed E-state index contributed by atoms with van der Waals surface area (Å²) in [6.07, 6.45) is -0.458. The Bertz CT molecular complexity index is 228. The van der Waals surface area contributed by atoms with Crippen LogP contribution >= 0.6 is 0 Å². The molecular weight excluding hydrogens is 174 g/mol. The number of rotatable bonds is 3. The van der Waals surface area contributed by atoms with Gasteiger partial charge in [0.2, 0.25) is 0 Å². The maximum atomic E-state index is 11.1. The number of nitrogens with zero attached hydrogens (tertiary/aromatic N) is 1. The van der Waals surface area contributed by atoms with Crippen molar-refractivity contribution < 1.29 is 19.4 Å². The molecule has 1 saturated heterocycles. The Balaban J connectivity index is 2.58. The molecule has 1 aliphatic heterocycles. The van der Waals surface area contributed by atoms with Crippen LogP contribution < -0.4 is 0 Å². The number of amides is 1. The van der Waals surface area contributed by atoms with E-state index in [2.05, 4.69) is 0 Å². The molecule has 0 aromatic heterocycles. The van der Waals surface area contributed by atoms with E-state index in [9.17, 15) is 9.59 Å². The molecule has 2 unspecified atom stereocenters. The smallest absolute Gasteiger partial charge is 0.410 e. The monoisotopic (exact) mass is 187 g/mol. The quantitative estimate of drug-likeness (QED) is 0.705. The Hall–Kier alpha value is -1.26. The number of hydrogen-bond donors (Lipinski definition) is 1. The van der Waals surface area contributed by atoms with E-state index in [1.807, 2.05) is 6.92 Å². The van der Waals surface area contributed by atoms with Crippen molar-refractivity contribution in [2.45, 2.75) is 32.4 Å². The van der Waals surface area contributed by atoms with Crippen LogP contribution in [0.2, 0.25) is 0 Å². The molecule has 0 saturated carbocycles. The molecule has 1 fully saturated rings. The van der Waals surface area contributed by atoms with Crippen molar-refractivity contribution in [3.8, 4) is 0 Å². The van der Waals surface area contributed by atoms with Crippen molar-refractivity contribution in [1.82, 2.24) is 4.90 Å². The molecule has 0 bridgehead atoms. The van der Waals surface area contributed by atoms with Crippen molar-refractivity contribution in [2.75, 3.05) is 6.61 Å². The van der Waals surface area contributed by atoms with Crippen LogP contribution in [0.15, 0.2) is 0 Å². The van der Waals surface area contributed by atoms with Gasteiger partial charge in [-0.25, -0.2) is 4.79 Å². The molecule has 0 spiro atoms. The fourth-order valence-electron chi connectivity index (χ4n) is 1.49. The fourth-order valence-corrected chi connectivity index (χ4v) is 1.49. The zero-order chi connectivity index (χ0) is 10.0. The van der Waals surface area contributed by atoms with Crippen LogP contribution in [0, 0.1) is 0 Å². The second-order valence-electron chi connectivity index (χ2n) is 3.28. The first kappa shape index (κ1) is 9.83. The van der Waals surface area contributed by atoms with Gasteiger partial charge in [0.1, 0.15) is 6.61 Å². The number of aliphatic carboxylic acids is 1. The van der Waals surface area contributed by atoms with E-state index >= 15 is 0 Å². The minimum atomic E-state index is -0.903. The number of cyclic esters (lactones) is 1. The Morgan fingerprint density at radius 1 is 1.85 bits per heavy atom. The highest BCUT2D eigenvalue weighted by Crippen LogP contribution is 2.17. The second kappa shape index (κ2) is 3.64. The van der Waals surface area contributed by atoms with Crippen molar-refractivity contribution in [3.05, 3.63) is 0 Å². The summed E-state index contributed by atoms with van der Waals surface area (Å²) in [7, 11) is 0. The molecule has 0 aromatic carbocycles. The first-order chi connectivity index (χ1) is 6.02. The van der Waals surface area contributed by atoms with Gasteiger partial charge in [-0.1, -0.05) is 0 Å². The number of carbonyl (C=O) groups excluding carboxylic acids is 1. The topological polar surface area (TPSA) is 66.8 Å². The number of ether oxygens (including phenoxy) is 1. The van der Waals surface area contributed by atoms with E-state index in [1.54, 1.807) is 6.92 Å². The standard InChI is InChI=1S/C8H13NO4/c1-5(3-7(10)11)9-6(2)4-13-8(9)12/h5-6H,3-4H2,1-2H3,(H,10,11). The maximum Gasteiger partial charge on any atom is 0.410 e. The molecular formula is C8H13NO4. The summed E-state index contributed by atoms with van der Waals surface area (Å²) < 4.78 is 4.77. The van der Waals surface area contributed by atoms with Crippen LogP contribution in [-0.4, -0.2) is 40.8 Å². The van der Waals surface area contributed by atoms with Crippen LogP contribution in [0.3, 0.4) is 0 Å². The number of hydrogen-bond acceptors (Lipinski definition) is 3. The van der Waals surface area contributed by atoms with Gasteiger partial charge in [-0.3, -0.25) is 9.69 Å². The lowest BCUT2D eigenvalue weighted by Crippen LogP contribution is -2.40. The molecule has 5 heteroatoms. The van der Waals surface area contributed by atoms with Crippen molar-refractivity contribution in [1.29, 1.82) is 0 Å². The number of carboxylic acids is 1. The molecule has 0 radical (unpaired) electrons. The average molecular weight is 187 g/mol. The molecule has 1 N–H and O–H groups in total. The molecule has 0 aromatic rings. The lowest BCUT2D eigenvalue weighted by molar-refractivity contribution is -0.138. The van der Waals surface area contributed by atoms with Gasteiger partial charge in [0.25, 0.3) is 0 Å². The van der Waals surface area contributed by atoms with Gasteiger partial charge in [-0.05, 0) is 13.8 Å². The summed E-state index contributed by atoms with van der Waals surface area (Å²) in [5, 5.41) is 8.54. The van der Waals surface area contributed by atoms with E-state index in [0.717, 1.165) is 0 Å². The molecule has 13 heavy (non-hydrogen) atoms. The third-order valence-corrected chi connectivity index (χ3v) is 2.08. The summed E-state index contributed by atoms with van der Waals surface area (Å²) in [5.74, 6) is -0.903. The predicted octanol–water partition coefficient (Wildman–Crippen LogP) is 0.690. The minimum absolute atomic E-state index is 0.0261. The van der Waals surface area contributed by atoms with Gasteiger partial charge in [0, 0.05) is 6.04 Å². The molecule has 0 aliphatic carbocycles. The highest BCUT2D eigenvalue weighted by molar-refractivity contribution is 5.72. The third kappa shape index (κ3) is 2.11. The van der Waals surface area contributed by atoms with E-state index in [4.69, 9.17) is 9.84 Å². The summed E-state index contributed by atoms with van der Waals surface area (Å²) in [5.41, 5.74) is 0. The summed E-state index contributed by atoms with van der Waals surface area (Å²) in [6, 6.07) is -0.329. The summed E-state index contributed by atoms with van der Waals surface area (Å²) >= 11 is 0. The second-order valence-corrected chi connectivity index (χ2v) is 3.28. The highest BCUT2D eigenvalue weighted by Gasteiger charge is 2.33. The summed E-state index contributed by atoms with van der Waals surface area (Å²) in [4.78, 5) is 23.0. The van der Waals surface area contributed by atoms with Gasteiger partial charge in [-0.15, -0.1) is 0 Å². The largest absolute Gasteiger partial charge is 0.481 e. The van der Waals surface area contributed by atoms with Crippen LogP contribution in [0.4, 0.5) is 4.79 Å². The Morgan fingerprint density at radius 3 is 2.85 bits per heavy atom. The molecule has 1 heterocycles. The van der Waals surface area contributed by atoms with Crippen molar-refractivity contribution in [2.24, 2.45) is 0 Å². The van der Waals surface area contributed by atoms with Gasteiger partial charge in [0.05, 0.1) is 12.5 Å². The van der Waals surface area contributed by atoms with Gasteiger partial charge in [-0.2, -0.15) is 0 Å². The Morgan fingerprint density at radius 2 is 2.46 bits per heavy atom. The molecule has 2 atom stereocenters. The van der Waals surface area contributed by atoms with E-state index in [0.29, 0.717) is 6.61 Å². The van der Waals surface area contributed by atoms with Crippen LogP contribution in [-0.2, 0) is 9.53 Å².